The predicted molar refractivity (Wildman–Crippen MR) is 84.1 cm³/mol. The number of hydrogen-bond acceptors (Lipinski definition) is 3. The zero-order valence-corrected chi connectivity index (χ0v) is 14.1. The van der Waals surface area contributed by atoms with Crippen molar-refractivity contribution in [3.63, 3.8) is 0 Å². The van der Waals surface area contributed by atoms with Gasteiger partial charge in [-0.05, 0) is 26.7 Å². The molecule has 1 rings (SSSR count). The molecule has 1 aliphatic rings. The van der Waals surface area contributed by atoms with Crippen molar-refractivity contribution < 1.29 is 14.5 Å². The summed E-state index contributed by atoms with van der Waals surface area (Å²) in [6.07, 6.45) is 4.63. The van der Waals surface area contributed by atoms with Crippen LogP contribution >= 0.6 is 0 Å². The van der Waals surface area contributed by atoms with E-state index in [0.717, 1.165) is 37.0 Å². The smallest absolute Gasteiger partial charge is 0.278 e. The molecule has 0 aliphatic heterocycles. The maximum atomic E-state index is 12.5. The van der Waals surface area contributed by atoms with Crippen molar-refractivity contribution in [3.8, 4) is 6.07 Å². The van der Waals surface area contributed by atoms with Gasteiger partial charge < -0.3 is 15.1 Å². The van der Waals surface area contributed by atoms with Gasteiger partial charge in [-0.1, -0.05) is 19.3 Å². The first-order valence-corrected chi connectivity index (χ1v) is 8.27. The van der Waals surface area contributed by atoms with E-state index in [2.05, 4.69) is 11.4 Å². The van der Waals surface area contributed by atoms with Crippen molar-refractivity contribution >= 4 is 11.8 Å². The summed E-state index contributed by atoms with van der Waals surface area (Å²) in [5.74, 6) is -0.0907. The highest BCUT2D eigenvalue weighted by Gasteiger charge is 2.39. The Morgan fingerprint density at radius 3 is 2.36 bits per heavy atom. The Kier molecular flexibility index (Phi) is 7.33. The molecule has 2 N–H and O–H groups in total. The minimum absolute atomic E-state index is 0.0394. The molecule has 0 bridgehead atoms. The second-order valence-corrected chi connectivity index (χ2v) is 6.07. The van der Waals surface area contributed by atoms with Crippen molar-refractivity contribution in [1.82, 2.24) is 10.2 Å². The molecule has 0 aromatic carbocycles. The normalized spacial score (nSPS) is 18.1. The molecule has 0 aromatic rings. The van der Waals surface area contributed by atoms with Crippen molar-refractivity contribution in [2.45, 2.75) is 51.5 Å². The molecule has 22 heavy (non-hydrogen) atoms. The number of hydrogen-bond donors (Lipinski definition) is 2. The van der Waals surface area contributed by atoms with Gasteiger partial charge in [0.1, 0.15) is 5.54 Å². The van der Waals surface area contributed by atoms with E-state index >= 15 is 0 Å². The number of nitrogens with one attached hydrogen (secondary N) is 2. The van der Waals surface area contributed by atoms with Crippen LogP contribution in [0.15, 0.2) is 0 Å². The number of carbonyl (C=O) groups excluding carboxylic acids is 2. The fraction of sp³-hybridized carbons (Fsp3) is 0.812. The van der Waals surface area contributed by atoms with Gasteiger partial charge in [-0.2, -0.15) is 5.26 Å². The number of nitrogens with zero attached hydrogens (tertiary/aromatic N) is 2. The van der Waals surface area contributed by atoms with Crippen molar-refractivity contribution in [2.75, 3.05) is 33.2 Å². The summed E-state index contributed by atoms with van der Waals surface area (Å²) in [7, 11) is 1.73. The lowest BCUT2D eigenvalue weighted by Crippen LogP contribution is -3.14. The summed E-state index contributed by atoms with van der Waals surface area (Å²) in [6.45, 7) is 5.69. The minimum atomic E-state index is -0.653. The zero-order valence-electron chi connectivity index (χ0n) is 14.1. The average molecular weight is 309 g/mol. The van der Waals surface area contributed by atoms with E-state index in [-0.39, 0.29) is 18.4 Å². The molecule has 2 amide bonds. The summed E-state index contributed by atoms with van der Waals surface area (Å²) >= 11 is 0. The molecule has 6 nitrogen and oxygen atoms in total. The summed E-state index contributed by atoms with van der Waals surface area (Å²) in [4.78, 5) is 26.8. The molecule has 1 atom stereocenters. The molecular formula is C16H29N4O2+. The Hall–Kier alpha value is -1.61. The highest BCUT2D eigenvalue weighted by Crippen LogP contribution is 2.32. The largest absolute Gasteiger partial charge is 0.351 e. The van der Waals surface area contributed by atoms with E-state index in [1.807, 2.05) is 13.8 Å². The molecule has 0 heterocycles. The molecule has 1 saturated carbocycles. The van der Waals surface area contributed by atoms with E-state index in [1.165, 1.54) is 0 Å². The van der Waals surface area contributed by atoms with E-state index in [4.69, 9.17) is 0 Å². The maximum absolute atomic E-state index is 12.5. The van der Waals surface area contributed by atoms with Crippen LogP contribution in [0.2, 0.25) is 0 Å². The van der Waals surface area contributed by atoms with Crippen LogP contribution in [0.5, 0.6) is 0 Å². The van der Waals surface area contributed by atoms with Gasteiger partial charge in [0.2, 0.25) is 0 Å². The van der Waals surface area contributed by atoms with Crippen LogP contribution in [0.25, 0.3) is 0 Å². The number of quaternary nitrogens is 1. The maximum Gasteiger partial charge on any atom is 0.278 e. The average Bonchev–Trinajstić information content (AvgIpc) is 2.54. The van der Waals surface area contributed by atoms with Crippen LogP contribution in [0, 0.1) is 11.3 Å². The van der Waals surface area contributed by atoms with Crippen LogP contribution in [-0.2, 0) is 9.59 Å². The second kappa shape index (κ2) is 8.74. The molecule has 6 heteroatoms. The molecular weight excluding hydrogens is 280 g/mol. The Bertz CT molecular complexity index is 424. The SMILES string of the molecule is CCNC(=O)C[NH+](CC)CC(=O)N(C)C1(C#N)CCCCC1. The lowest BCUT2D eigenvalue weighted by molar-refractivity contribution is -0.882. The lowest BCUT2D eigenvalue weighted by atomic mass is 9.81. The molecule has 1 unspecified atom stereocenters. The summed E-state index contributed by atoms with van der Waals surface area (Å²) in [6, 6.07) is 2.37. The Labute approximate surface area is 133 Å². The zero-order chi connectivity index (χ0) is 16.6. The lowest BCUT2D eigenvalue weighted by Gasteiger charge is -2.39. The van der Waals surface area contributed by atoms with E-state index in [9.17, 15) is 14.9 Å². The van der Waals surface area contributed by atoms with Crippen molar-refractivity contribution in [3.05, 3.63) is 0 Å². The fourth-order valence-electron chi connectivity index (χ4n) is 3.03. The quantitative estimate of drug-likeness (QED) is 0.678. The first kappa shape index (κ1) is 18.4. The van der Waals surface area contributed by atoms with E-state index in [0.29, 0.717) is 19.6 Å². The topological polar surface area (TPSA) is 77.6 Å². The number of likely N-dealkylation sites (N-methyl/N-ethyl adjacent to an activating group) is 3. The van der Waals surface area contributed by atoms with Crippen molar-refractivity contribution in [1.29, 1.82) is 5.26 Å². The third-order valence-electron chi connectivity index (χ3n) is 4.59. The molecule has 0 radical (unpaired) electrons. The minimum Gasteiger partial charge on any atom is -0.351 e. The third-order valence-corrected chi connectivity index (χ3v) is 4.59. The van der Waals surface area contributed by atoms with Crippen LogP contribution < -0.4 is 10.2 Å². The van der Waals surface area contributed by atoms with Gasteiger partial charge >= 0.3 is 0 Å². The van der Waals surface area contributed by atoms with Crippen LogP contribution in [0.1, 0.15) is 46.0 Å². The van der Waals surface area contributed by atoms with Gasteiger partial charge in [-0.15, -0.1) is 0 Å². The van der Waals surface area contributed by atoms with Gasteiger partial charge in [-0.3, -0.25) is 9.59 Å². The van der Waals surface area contributed by atoms with Gasteiger partial charge in [0.25, 0.3) is 11.8 Å². The number of amides is 2. The van der Waals surface area contributed by atoms with Gasteiger partial charge in [0.05, 0.1) is 12.6 Å². The Balaban J connectivity index is 2.65. The first-order valence-electron chi connectivity index (χ1n) is 8.27. The second-order valence-electron chi connectivity index (χ2n) is 6.07. The highest BCUT2D eigenvalue weighted by atomic mass is 16.2. The number of nitriles is 1. The highest BCUT2D eigenvalue weighted by molar-refractivity contribution is 5.79. The van der Waals surface area contributed by atoms with E-state index < -0.39 is 5.54 Å². The Morgan fingerprint density at radius 1 is 1.23 bits per heavy atom. The summed E-state index contributed by atoms with van der Waals surface area (Å²) in [5, 5.41) is 12.3. The van der Waals surface area contributed by atoms with E-state index in [1.54, 1.807) is 11.9 Å². The fourth-order valence-corrected chi connectivity index (χ4v) is 3.03. The molecule has 0 spiro atoms. The van der Waals surface area contributed by atoms with Gasteiger partial charge in [0.15, 0.2) is 13.1 Å². The molecule has 0 saturated heterocycles. The van der Waals surface area contributed by atoms with Crippen molar-refractivity contribution in [2.24, 2.45) is 0 Å². The molecule has 0 aromatic heterocycles. The van der Waals surface area contributed by atoms with Crippen LogP contribution in [0.4, 0.5) is 0 Å². The standard InChI is InChI=1S/C16H28N4O2/c1-4-18-14(21)11-20(5-2)12-15(22)19(3)16(13-17)9-7-6-8-10-16/h4-12H2,1-3H3,(H,18,21)/p+1. The van der Waals surface area contributed by atoms with Crippen LogP contribution in [-0.4, -0.2) is 55.5 Å². The first-order chi connectivity index (χ1) is 10.5. The van der Waals surface area contributed by atoms with Gasteiger partial charge in [-0.25, -0.2) is 0 Å². The predicted octanol–water partition coefficient (Wildman–Crippen LogP) is -0.288. The Morgan fingerprint density at radius 2 is 1.86 bits per heavy atom. The van der Waals surface area contributed by atoms with Crippen LogP contribution in [0.3, 0.4) is 0 Å². The summed E-state index contributed by atoms with van der Waals surface area (Å²) < 4.78 is 0. The summed E-state index contributed by atoms with van der Waals surface area (Å²) in [5.41, 5.74) is -0.653. The number of carbonyl (C=O) groups is 2. The van der Waals surface area contributed by atoms with Gasteiger partial charge in [0, 0.05) is 13.6 Å². The molecule has 1 fully saturated rings. The monoisotopic (exact) mass is 309 g/mol. The number of rotatable bonds is 7. The third kappa shape index (κ3) is 4.70. The molecule has 124 valence electrons. The molecule has 1 aliphatic carbocycles.